The molecule has 3 heteroatoms. The van der Waals surface area contributed by atoms with Crippen molar-refractivity contribution < 1.29 is 4.74 Å². The molecule has 0 spiro atoms. The molecule has 0 atom stereocenters. The van der Waals surface area contributed by atoms with Crippen molar-refractivity contribution in [3.63, 3.8) is 0 Å². The van der Waals surface area contributed by atoms with Gasteiger partial charge in [-0.25, -0.2) is 0 Å². The zero-order chi connectivity index (χ0) is 16.4. The van der Waals surface area contributed by atoms with Gasteiger partial charge in [0.25, 0.3) is 0 Å². The maximum absolute atomic E-state index is 5.64. The second-order valence-corrected chi connectivity index (χ2v) is 6.10. The van der Waals surface area contributed by atoms with Gasteiger partial charge in [-0.15, -0.1) is 0 Å². The van der Waals surface area contributed by atoms with E-state index in [2.05, 4.69) is 53.3 Å². The molecule has 2 aromatic carbocycles. The highest BCUT2D eigenvalue weighted by molar-refractivity contribution is 5.90. The number of ether oxygens (including phenoxy) is 1. The molecule has 1 N–H and O–H groups in total. The van der Waals surface area contributed by atoms with Crippen LogP contribution >= 0.6 is 0 Å². The standard InChI is InChI=1S/C21H20N2O/c1-15(10-11-16-5-3-9-20-18(16)12-14-24-20)23-19-8-2-6-17-7-4-13-22-21(17)19/h2-9,13,23H,1,10-12,14H2. The highest BCUT2D eigenvalue weighted by Gasteiger charge is 2.15. The van der Waals surface area contributed by atoms with Crippen LogP contribution in [0.3, 0.4) is 0 Å². The number of pyridine rings is 1. The molecule has 0 fully saturated rings. The van der Waals surface area contributed by atoms with Gasteiger partial charge in [-0.1, -0.05) is 36.9 Å². The van der Waals surface area contributed by atoms with Gasteiger partial charge in [0.1, 0.15) is 5.75 Å². The Morgan fingerprint density at radius 1 is 1.12 bits per heavy atom. The molecular formula is C21H20N2O. The van der Waals surface area contributed by atoms with Crippen molar-refractivity contribution in [1.29, 1.82) is 0 Å². The van der Waals surface area contributed by atoms with Crippen LogP contribution in [0.15, 0.2) is 67.0 Å². The van der Waals surface area contributed by atoms with E-state index in [4.69, 9.17) is 4.74 Å². The molecular weight excluding hydrogens is 296 g/mol. The Hall–Kier alpha value is -2.81. The Morgan fingerprint density at radius 2 is 2.00 bits per heavy atom. The summed E-state index contributed by atoms with van der Waals surface area (Å²) in [5.74, 6) is 1.05. The number of hydrogen-bond donors (Lipinski definition) is 1. The highest BCUT2D eigenvalue weighted by atomic mass is 16.5. The minimum Gasteiger partial charge on any atom is -0.493 e. The molecule has 0 aliphatic carbocycles. The van der Waals surface area contributed by atoms with E-state index in [1.54, 1.807) is 0 Å². The molecule has 3 aromatic rings. The first-order chi connectivity index (χ1) is 11.8. The minimum atomic E-state index is 0.799. The summed E-state index contributed by atoms with van der Waals surface area (Å²) in [4.78, 5) is 4.48. The van der Waals surface area contributed by atoms with Crippen LogP contribution < -0.4 is 10.1 Å². The smallest absolute Gasteiger partial charge is 0.122 e. The van der Waals surface area contributed by atoms with Crippen LogP contribution in [0.4, 0.5) is 5.69 Å². The lowest BCUT2D eigenvalue weighted by atomic mass is 10.00. The molecule has 1 aliphatic rings. The number of nitrogens with zero attached hydrogens (tertiary/aromatic N) is 1. The average Bonchev–Trinajstić information content (AvgIpc) is 3.09. The van der Waals surface area contributed by atoms with Crippen molar-refractivity contribution in [2.45, 2.75) is 19.3 Å². The molecule has 3 nitrogen and oxygen atoms in total. The summed E-state index contributed by atoms with van der Waals surface area (Å²) < 4.78 is 5.64. The van der Waals surface area contributed by atoms with Crippen LogP contribution in [-0.4, -0.2) is 11.6 Å². The zero-order valence-electron chi connectivity index (χ0n) is 13.6. The summed E-state index contributed by atoms with van der Waals surface area (Å²) in [5.41, 5.74) is 5.72. The number of rotatable bonds is 5. The predicted molar refractivity (Wildman–Crippen MR) is 98.5 cm³/mol. The molecule has 0 saturated heterocycles. The van der Waals surface area contributed by atoms with E-state index in [1.807, 2.05) is 18.3 Å². The molecule has 1 aliphatic heterocycles. The van der Waals surface area contributed by atoms with Gasteiger partial charge in [0.05, 0.1) is 17.8 Å². The number of hydrogen-bond acceptors (Lipinski definition) is 3. The number of fused-ring (bicyclic) bond motifs is 2. The molecule has 0 bridgehead atoms. The van der Waals surface area contributed by atoms with E-state index in [0.717, 1.165) is 53.9 Å². The fourth-order valence-corrected chi connectivity index (χ4v) is 3.27. The Bertz CT molecular complexity index is 896. The monoisotopic (exact) mass is 316 g/mol. The van der Waals surface area contributed by atoms with Crippen molar-refractivity contribution in [1.82, 2.24) is 4.98 Å². The van der Waals surface area contributed by atoms with Crippen molar-refractivity contribution in [3.05, 3.63) is 78.1 Å². The van der Waals surface area contributed by atoms with Crippen LogP contribution in [0.5, 0.6) is 5.75 Å². The Morgan fingerprint density at radius 3 is 2.96 bits per heavy atom. The molecule has 120 valence electrons. The first kappa shape index (κ1) is 14.8. The number of nitrogens with one attached hydrogen (secondary N) is 1. The average molecular weight is 316 g/mol. The normalized spacial score (nSPS) is 12.7. The first-order valence-electron chi connectivity index (χ1n) is 8.33. The van der Waals surface area contributed by atoms with Gasteiger partial charge in [0.2, 0.25) is 0 Å². The molecule has 0 unspecified atom stereocenters. The van der Waals surface area contributed by atoms with Crippen molar-refractivity contribution in [3.8, 4) is 5.75 Å². The van der Waals surface area contributed by atoms with Gasteiger partial charge in [0, 0.05) is 29.3 Å². The van der Waals surface area contributed by atoms with Gasteiger partial charge in [0.15, 0.2) is 0 Å². The molecule has 0 saturated carbocycles. The van der Waals surface area contributed by atoms with E-state index >= 15 is 0 Å². The number of para-hydroxylation sites is 1. The van der Waals surface area contributed by atoms with Crippen LogP contribution in [-0.2, 0) is 12.8 Å². The van der Waals surface area contributed by atoms with E-state index in [9.17, 15) is 0 Å². The summed E-state index contributed by atoms with van der Waals surface area (Å²) in [6.45, 7) is 4.99. The fourth-order valence-electron chi connectivity index (χ4n) is 3.27. The molecule has 0 radical (unpaired) electrons. The van der Waals surface area contributed by atoms with E-state index in [1.165, 1.54) is 11.1 Å². The van der Waals surface area contributed by atoms with Crippen molar-refractivity contribution in [2.75, 3.05) is 11.9 Å². The van der Waals surface area contributed by atoms with Crippen molar-refractivity contribution >= 4 is 16.6 Å². The first-order valence-corrected chi connectivity index (χ1v) is 8.33. The summed E-state index contributed by atoms with van der Waals surface area (Å²) >= 11 is 0. The van der Waals surface area contributed by atoms with E-state index in [0.29, 0.717) is 0 Å². The number of anilines is 1. The van der Waals surface area contributed by atoms with Gasteiger partial charge in [-0.05, 0) is 36.6 Å². The lowest BCUT2D eigenvalue weighted by Crippen LogP contribution is -2.02. The number of aryl methyl sites for hydroxylation is 1. The summed E-state index contributed by atoms with van der Waals surface area (Å²) in [6.07, 6.45) is 4.69. The zero-order valence-corrected chi connectivity index (χ0v) is 13.6. The Balaban J connectivity index is 1.47. The summed E-state index contributed by atoms with van der Waals surface area (Å²) in [6, 6.07) is 16.5. The van der Waals surface area contributed by atoms with Crippen LogP contribution in [0.25, 0.3) is 10.9 Å². The molecule has 24 heavy (non-hydrogen) atoms. The Kier molecular flexibility index (Phi) is 3.91. The largest absolute Gasteiger partial charge is 0.493 e. The SMILES string of the molecule is C=C(CCc1cccc2c1CCO2)Nc1cccc2cccnc12. The van der Waals surface area contributed by atoms with Gasteiger partial charge in [-0.2, -0.15) is 0 Å². The third-order valence-electron chi connectivity index (χ3n) is 4.48. The molecule has 2 heterocycles. The Labute approximate surface area is 142 Å². The van der Waals surface area contributed by atoms with E-state index in [-0.39, 0.29) is 0 Å². The van der Waals surface area contributed by atoms with Crippen LogP contribution in [0.2, 0.25) is 0 Å². The number of benzene rings is 2. The van der Waals surface area contributed by atoms with Crippen LogP contribution in [0.1, 0.15) is 17.5 Å². The minimum absolute atomic E-state index is 0.799. The van der Waals surface area contributed by atoms with Gasteiger partial charge < -0.3 is 10.1 Å². The maximum atomic E-state index is 5.64. The molecule has 1 aromatic heterocycles. The van der Waals surface area contributed by atoms with Crippen molar-refractivity contribution in [2.24, 2.45) is 0 Å². The highest BCUT2D eigenvalue weighted by Crippen LogP contribution is 2.29. The van der Waals surface area contributed by atoms with Crippen LogP contribution in [0, 0.1) is 0 Å². The number of allylic oxidation sites excluding steroid dienone is 1. The number of aromatic nitrogens is 1. The predicted octanol–water partition coefficient (Wildman–Crippen LogP) is 4.73. The topological polar surface area (TPSA) is 34.1 Å². The van der Waals surface area contributed by atoms with Gasteiger partial charge in [-0.3, -0.25) is 4.98 Å². The quantitative estimate of drug-likeness (QED) is 0.739. The molecule has 0 amide bonds. The lowest BCUT2D eigenvalue weighted by molar-refractivity contribution is 0.357. The van der Waals surface area contributed by atoms with E-state index < -0.39 is 0 Å². The third kappa shape index (κ3) is 2.85. The maximum Gasteiger partial charge on any atom is 0.122 e. The second-order valence-electron chi connectivity index (χ2n) is 6.10. The lowest BCUT2D eigenvalue weighted by Gasteiger charge is -2.12. The second kappa shape index (κ2) is 6.36. The fraction of sp³-hybridized carbons (Fsp3) is 0.190. The van der Waals surface area contributed by atoms with Gasteiger partial charge >= 0.3 is 0 Å². The molecule has 4 rings (SSSR count). The summed E-state index contributed by atoms with van der Waals surface area (Å²) in [5, 5.41) is 4.57. The summed E-state index contributed by atoms with van der Waals surface area (Å²) in [7, 11) is 0. The third-order valence-corrected chi connectivity index (χ3v) is 4.48.